The molecule has 0 spiro atoms. The van der Waals surface area contributed by atoms with E-state index in [9.17, 15) is 18.0 Å². The first-order valence-corrected chi connectivity index (χ1v) is 7.09. The lowest BCUT2D eigenvalue weighted by atomic mass is 10.1. The van der Waals surface area contributed by atoms with Crippen LogP contribution < -0.4 is 10.6 Å². The van der Waals surface area contributed by atoms with Crippen molar-refractivity contribution in [1.82, 2.24) is 15.6 Å². The van der Waals surface area contributed by atoms with Gasteiger partial charge in [-0.2, -0.15) is 0 Å². The number of benzene rings is 1. The van der Waals surface area contributed by atoms with Gasteiger partial charge in [0.1, 0.15) is 5.82 Å². The van der Waals surface area contributed by atoms with E-state index in [4.69, 9.17) is 0 Å². The highest BCUT2D eigenvalue weighted by Crippen LogP contribution is 2.25. The molecule has 1 aromatic heterocycles. The molecule has 2 heterocycles. The Hall–Kier alpha value is -1.73. The summed E-state index contributed by atoms with van der Waals surface area (Å²) in [5, 5.41) is 6.06. The smallest absolute Gasteiger partial charge is 0.262 e. The molecule has 1 aromatic carbocycles. The summed E-state index contributed by atoms with van der Waals surface area (Å²) in [7, 11) is 0. The van der Waals surface area contributed by atoms with E-state index in [0.717, 1.165) is 10.9 Å². The maximum Gasteiger partial charge on any atom is 0.262 e. The van der Waals surface area contributed by atoms with E-state index in [1.54, 1.807) is 12.3 Å². The second-order valence-corrected chi connectivity index (χ2v) is 5.54. The number of rotatable bonds is 4. The van der Waals surface area contributed by atoms with E-state index in [1.165, 1.54) is 12.1 Å². The van der Waals surface area contributed by atoms with E-state index in [2.05, 4.69) is 15.6 Å². The van der Waals surface area contributed by atoms with Crippen LogP contribution in [0.2, 0.25) is 0 Å². The summed E-state index contributed by atoms with van der Waals surface area (Å²) in [6, 6.07) is 3.62. The fraction of sp³-hybridized carbons (Fsp3) is 0.400. The molecular formula is C15H17ClF3N3O. The molecule has 1 unspecified atom stereocenters. The largest absolute Gasteiger partial charge is 0.361 e. The number of alkyl halides is 2. The molecule has 1 atom stereocenters. The molecule has 1 aliphatic heterocycles. The summed E-state index contributed by atoms with van der Waals surface area (Å²) < 4.78 is 39.2. The number of amides is 1. The number of hydrogen-bond donors (Lipinski definition) is 3. The Kier molecular flexibility index (Phi) is 5.21. The monoisotopic (exact) mass is 347 g/mol. The van der Waals surface area contributed by atoms with Crippen LogP contribution >= 0.6 is 12.4 Å². The van der Waals surface area contributed by atoms with Crippen molar-refractivity contribution in [3.8, 4) is 0 Å². The Morgan fingerprint density at radius 3 is 2.87 bits per heavy atom. The molecule has 126 valence electrons. The minimum absolute atomic E-state index is 0. The molecule has 1 saturated heterocycles. The Labute approximate surface area is 137 Å². The van der Waals surface area contributed by atoms with Gasteiger partial charge in [0.2, 0.25) is 5.91 Å². The van der Waals surface area contributed by atoms with Crippen molar-refractivity contribution in [2.24, 2.45) is 0 Å². The third kappa shape index (κ3) is 3.97. The number of fused-ring (bicyclic) bond motifs is 1. The molecule has 23 heavy (non-hydrogen) atoms. The maximum absolute atomic E-state index is 13.1. The number of H-pyrrole nitrogens is 1. The van der Waals surface area contributed by atoms with Crippen molar-refractivity contribution in [1.29, 1.82) is 0 Å². The third-order valence-corrected chi connectivity index (χ3v) is 3.85. The van der Waals surface area contributed by atoms with E-state index < -0.39 is 30.8 Å². The van der Waals surface area contributed by atoms with Gasteiger partial charge in [0.15, 0.2) is 0 Å². The van der Waals surface area contributed by atoms with Gasteiger partial charge in [-0.05, 0) is 30.2 Å². The quantitative estimate of drug-likeness (QED) is 0.795. The fourth-order valence-electron chi connectivity index (χ4n) is 2.71. The lowest BCUT2D eigenvalue weighted by Crippen LogP contribution is -2.41. The van der Waals surface area contributed by atoms with Crippen molar-refractivity contribution >= 4 is 29.2 Å². The average molecular weight is 348 g/mol. The molecule has 1 fully saturated rings. The van der Waals surface area contributed by atoms with Crippen LogP contribution in [0.4, 0.5) is 13.2 Å². The van der Waals surface area contributed by atoms with Gasteiger partial charge in [-0.1, -0.05) is 0 Å². The third-order valence-electron chi connectivity index (χ3n) is 3.85. The number of aromatic amines is 1. The van der Waals surface area contributed by atoms with E-state index >= 15 is 0 Å². The molecule has 2 aromatic rings. The molecule has 0 saturated carbocycles. The molecular weight excluding hydrogens is 331 g/mol. The second-order valence-electron chi connectivity index (χ2n) is 5.54. The Bertz CT molecular complexity index is 704. The first-order valence-electron chi connectivity index (χ1n) is 7.09. The van der Waals surface area contributed by atoms with Gasteiger partial charge in [0, 0.05) is 30.1 Å². The zero-order valence-electron chi connectivity index (χ0n) is 12.2. The molecule has 4 nitrogen and oxygen atoms in total. The topological polar surface area (TPSA) is 56.9 Å². The minimum atomic E-state index is -2.82. The average Bonchev–Trinajstić information content (AvgIpc) is 3.02. The highest BCUT2D eigenvalue weighted by molar-refractivity contribution is 5.85. The first kappa shape index (κ1) is 17.6. The Balaban J connectivity index is 0.00000192. The van der Waals surface area contributed by atoms with Gasteiger partial charge >= 0.3 is 0 Å². The number of nitrogens with one attached hydrogen (secondary N) is 3. The van der Waals surface area contributed by atoms with E-state index in [0.29, 0.717) is 18.5 Å². The van der Waals surface area contributed by atoms with Crippen LogP contribution in [0.5, 0.6) is 0 Å². The number of hydrogen-bond acceptors (Lipinski definition) is 2. The predicted molar refractivity (Wildman–Crippen MR) is 83.6 cm³/mol. The van der Waals surface area contributed by atoms with Gasteiger partial charge in [-0.3, -0.25) is 10.1 Å². The standard InChI is InChI=1S/C15H16F3N3O.ClH/c16-10-1-2-11-9(7-20-12(11)5-10)3-4-19-14(22)13-6-15(17,18)8-21-13;/h1-2,5,7,13,20-21H,3-4,6,8H2,(H,19,22);1H. The summed E-state index contributed by atoms with van der Waals surface area (Å²) in [6.45, 7) is -0.119. The highest BCUT2D eigenvalue weighted by Gasteiger charge is 2.42. The molecule has 3 rings (SSSR count). The van der Waals surface area contributed by atoms with Gasteiger partial charge in [-0.25, -0.2) is 13.2 Å². The number of carbonyl (C=O) groups is 1. The summed E-state index contributed by atoms with van der Waals surface area (Å²) in [4.78, 5) is 14.8. The number of halogens is 4. The second kappa shape index (κ2) is 6.80. The normalized spacial score (nSPS) is 19.5. The van der Waals surface area contributed by atoms with Crippen molar-refractivity contribution in [3.05, 3.63) is 35.8 Å². The van der Waals surface area contributed by atoms with E-state index in [-0.39, 0.29) is 18.2 Å². The van der Waals surface area contributed by atoms with Gasteiger partial charge in [0.05, 0.1) is 12.6 Å². The SMILES string of the molecule is Cl.O=C(NCCc1c[nH]c2cc(F)ccc12)C1CC(F)(F)CN1. The Morgan fingerprint density at radius 2 is 2.17 bits per heavy atom. The van der Waals surface area contributed by atoms with E-state index in [1.807, 2.05) is 0 Å². The van der Waals surface area contributed by atoms with Gasteiger partial charge in [0.25, 0.3) is 5.92 Å². The van der Waals surface area contributed by atoms with Gasteiger partial charge in [-0.15, -0.1) is 12.4 Å². The lowest BCUT2D eigenvalue weighted by Gasteiger charge is -2.11. The first-order chi connectivity index (χ1) is 10.4. The summed E-state index contributed by atoms with van der Waals surface area (Å²) >= 11 is 0. The van der Waals surface area contributed by atoms with Crippen LogP contribution in [0.15, 0.2) is 24.4 Å². The van der Waals surface area contributed by atoms with Crippen LogP contribution in [-0.4, -0.2) is 35.9 Å². The van der Waals surface area contributed by atoms with Crippen LogP contribution in [0.1, 0.15) is 12.0 Å². The van der Waals surface area contributed by atoms with Crippen LogP contribution in [0.25, 0.3) is 10.9 Å². The number of carbonyl (C=O) groups excluding carboxylic acids is 1. The summed E-state index contributed by atoms with van der Waals surface area (Å²) in [5.74, 6) is -3.55. The maximum atomic E-state index is 13.1. The van der Waals surface area contributed by atoms with Crippen molar-refractivity contribution in [3.63, 3.8) is 0 Å². The highest BCUT2D eigenvalue weighted by atomic mass is 35.5. The minimum Gasteiger partial charge on any atom is -0.361 e. The summed E-state index contributed by atoms with van der Waals surface area (Å²) in [6.07, 6.45) is 1.84. The predicted octanol–water partition coefficient (Wildman–Crippen LogP) is 2.38. The zero-order chi connectivity index (χ0) is 15.7. The van der Waals surface area contributed by atoms with Gasteiger partial charge < -0.3 is 10.3 Å². The summed E-state index contributed by atoms with van der Waals surface area (Å²) in [5.41, 5.74) is 1.64. The van der Waals surface area contributed by atoms with Crippen LogP contribution in [0, 0.1) is 5.82 Å². The zero-order valence-corrected chi connectivity index (χ0v) is 13.0. The molecule has 1 aliphatic rings. The molecule has 0 aliphatic carbocycles. The lowest BCUT2D eigenvalue weighted by molar-refractivity contribution is -0.123. The fourth-order valence-corrected chi connectivity index (χ4v) is 2.71. The number of aromatic nitrogens is 1. The molecule has 3 N–H and O–H groups in total. The Morgan fingerprint density at radius 1 is 1.39 bits per heavy atom. The molecule has 1 amide bonds. The van der Waals surface area contributed by atoms with Crippen molar-refractivity contribution in [2.75, 3.05) is 13.1 Å². The van der Waals surface area contributed by atoms with Crippen molar-refractivity contribution in [2.45, 2.75) is 24.8 Å². The van der Waals surface area contributed by atoms with Crippen molar-refractivity contribution < 1.29 is 18.0 Å². The molecule has 0 radical (unpaired) electrons. The molecule has 0 bridgehead atoms. The van der Waals surface area contributed by atoms with Crippen LogP contribution in [-0.2, 0) is 11.2 Å². The van der Waals surface area contributed by atoms with Crippen LogP contribution in [0.3, 0.4) is 0 Å². The molecule has 8 heteroatoms.